The number of ether oxygens (including phenoxy) is 6. The van der Waals surface area contributed by atoms with Gasteiger partial charge in [-0.1, -0.05) is 27.7 Å². The molecule has 23 nitrogen and oxygen atoms in total. The van der Waals surface area contributed by atoms with E-state index in [2.05, 4.69) is 42.5 Å². The summed E-state index contributed by atoms with van der Waals surface area (Å²) in [6, 6.07) is -1.20. The molecule has 3 unspecified atom stereocenters. The summed E-state index contributed by atoms with van der Waals surface area (Å²) in [6.45, 7) is 11.3. The van der Waals surface area contributed by atoms with Crippen LogP contribution in [-0.2, 0) is 71.6 Å². The maximum Gasteiger partial charge on any atom is 0.222 e. The van der Waals surface area contributed by atoms with Gasteiger partial charge in [0.1, 0.15) is 12.6 Å². The molecule has 0 saturated heterocycles. The van der Waals surface area contributed by atoms with Crippen LogP contribution in [0, 0.1) is 0 Å². The Morgan fingerprint density at radius 1 is 0.386 bits per heavy atom. The first-order chi connectivity index (χ1) is 33.8. The second-order valence-electron chi connectivity index (χ2n) is 16.6. The van der Waals surface area contributed by atoms with Crippen molar-refractivity contribution in [2.24, 2.45) is 0 Å². The fourth-order valence-electron chi connectivity index (χ4n) is 6.07. The second kappa shape index (κ2) is 46.7. The van der Waals surface area contributed by atoms with Crippen LogP contribution in [0.3, 0.4) is 0 Å². The van der Waals surface area contributed by atoms with E-state index in [0.29, 0.717) is 51.8 Å². The Morgan fingerprint density at radius 2 is 0.729 bits per heavy atom. The molecule has 0 aromatic rings. The summed E-state index contributed by atoms with van der Waals surface area (Å²) in [4.78, 5) is 106. The lowest BCUT2D eigenvalue weighted by Crippen LogP contribution is -2.43. The largest absolute Gasteiger partial charge is 0.379 e. The molecule has 70 heavy (non-hydrogen) atoms. The van der Waals surface area contributed by atoms with Gasteiger partial charge in [-0.25, -0.2) is 0 Å². The van der Waals surface area contributed by atoms with E-state index in [1.807, 2.05) is 27.7 Å². The van der Waals surface area contributed by atoms with Gasteiger partial charge in [0.2, 0.25) is 41.4 Å². The minimum Gasteiger partial charge on any atom is -0.379 e. The lowest BCUT2D eigenvalue weighted by atomic mass is 10.2. The Labute approximate surface area is 414 Å². The molecule has 7 amide bonds. The van der Waals surface area contributed by atoms with Crippen molar-refractivity contribution in [3.05, 3.63) is 0 Å². The monoisotopic (exact) mass is 1000 g/mol. The van der Waals surface area contributed by atoms with Crippen molar-refractivity contribution in [1.29, 1.82) is 0 Å². The number of amides is 7. The van der Waals surface area contributed by atoms with E-state index in [9.17, 15) is 43.2 Å². The van der Waals surface area contributed by atoms with Gasteiger partial charge in [0.25, 0.3) is 0 Å². The van der Waals surface area contributed by atoms with Gasteiger partial charge >= 0.3 is 0 Å². The van der Waals surface area contributed by atoms with E-state index >= 15 is 0 Å². The zero-order chi connectivity index (χ0) is 51.9. The van der Waals surface area contributed by atoms with Crippen molar-refractivity contribution < 1.29 is 71.6 Å². The maximum atomic E-state index is 13.0. The van der Waals surface area contributed by atoms with Crippen LogP contribution in [0.25, 0.3) is 0 Å². The molecule has 0 radical (unpaired) electrons. The number of hydrogen-bond donors (Lipinski definition) is 8. The molecule has 404 valence electrons. The van der Waals surface area contributed by atoms with Crippen LogP contribution in [0.4, 0.5) is 0 Å². The smallest absolute Gasteiger partial charge is 0.222 e. The first-order valence-electron chi connectivity index (χ1n) is 24.8. The highest BCUT2D eigenvalue weighted by Crippen LogP contribution is 2.00. The predicted octanol–water partition coefficient (Wildman–Crippen LogP) is -0.488. The quantitative estimate of drug-likeness (QED) is 0.0282. The van der Waals surface area contributed by atoms with Crippen LogP contribution >= 0.6 is 0 Å². The normalized spacial score (nSPS) is 12.3. The number of hydrogen-bond acceptors (Lipinski definition) is 16. The summed E-state index contributed by atoms with van der Waals surface area (Å²) in [5.41, 5.74) is 0. The molecule has 3 atom stereocenters. The molecular formula is C47H86N8O15. The first kappa shape index (κ1) is 65.3. The number of carbonyl (C=O) groups excluding carboxylic acids is 9. The summed E-state index contributed by atoms with van der Waals surface area (Å²) in [5.74, 6) is -1.42. The van der Waals surface area contributed by atoms with E-state index in [0.717, 1.165) is 25.5 Å². The minimum absolute atomic E-state index is 0.0226. The molecule has 0 aromatic heterocycles. The van der Waals surface area contributed by atoms with Crippen LogP contribution in [0.15, 0.2) is 0 Å². The van der Waals surface area contributed by atoms with E-state index in [1.54, 1.807) is 0 Å². The van der Waals surface area contributed by atoms with Crippen molar-refractivity contribution in [2.75, 3.05) is 112 Å². The number of nitrogens with one attached hydrogen (secondary N) is 8. The summed E-state index contributed by atoms with van der Waals surface area (Å²) >= 11 is 0. The summed E-state index contributed by atoms with van der Waals surface area (Å²) in [5, 5.41) is 22.8. The fraction of sp³-hybridized carbons (Fsp3) is 0.809. The molecule has 0 aromatic carbocycles. The molecule has 0 aliphatic carbocycles. The van der Waals surface area contributed by atoms with Gasteiger partial charge in [0, 0.05) is 103 Å². The molecule has 23 heteroatoms. The van der Waals surface area contributed by atoms with Gasteiger partial charge in [-0.2, -0.15) is 0 Å². The van der Waals surface area contributed by atoms with Crippen molar-refractivity contribution in [1.82, 2.24) is 42.5 Å². The van der Waals surface area contributed by atoms with Crippen molar-refractivity contribution in [3.8, 4) is 0 Å². The lowest BCUT2D eigenvalue weighted by Gasteiger charge is -2.22. The average Bonchev–Trinajstić information content (AvgIpc) is 3.32. The molecule has 0 bridgehead atoms. The molecule has 0 rings (SSSR count). The van der Waals surface area contributed by atoms with Gasteiger partial charge in [-0.15, -0.1) is 0 Å². The van der Waals surface area contributed by atoms with Gasteiger partial charge in [0.15, 0.2) is 0 Å². The molecule has 0 heterocycles. The highest BCUT2D eigenvalue weighted by molar-refractivity contribution is 5.79. The Balaban J connectivity index is 4.85. The Bertz CT molecular complexity index is 1450. The third kappa shape index (κ3) is 43.4. The molecule has 0 spiro atoms. The van der Waals surface area contributed by atoms with Crippen molar-refractivity contribution in [3.63, 3.8) is 0 Å². The van der Waals surface area contributed by atoms with Crippen molar-refractivity contribution in [2.45, 2.75) is 135 Å². The van der Waals surface area contributed by atoms with Gasteiger partial charge in [-0.05, 0) is 25.7 Å². The number of unbranched alkanes of at least 4 members (excludes halogenated alkanes) is 1. The second-order valence-corrected chi connectivity index (χ2v) is 16.6. The molecule has 0 fully saturated rings. The van der Waals surface area contributed by atoms with Crippen LogP contribution < -0.4 is 42.5 Å². The summed E-state index contributed by atoms with van der Waals surface area (Å²) in [7, 11) is 0. The molecule has 8 N–H and O–H groups in total. The zero-order valence-corrected chi connectivity index (χ0v) is 42.3. The van der Waals surface area contributed by atoms with E-state index in [1.165, 1.54) is 0 Å². The van der Waals surface area contributed by atoms with Gasteiger partial charge in [0.05, 0.1) is 90.8 Å². The Morgan fingerprint density at radius 3 is 1.13 bits per heavy atom. The van der Waals surface area contributed by atoms with E-state index in [-0.39, 0.29) is 184 Å². The van der Waals surface area contributed by atoms with Crippen LogP contribution in [-0.4, -0.2) is 190 Å². The molecule has 0 aliphatic heterocycles. The summed E-state index contributed by atoms with van der Waals surface area (Å²) < 4.78 is 34.4. The third-order valence-electron chi connectivity index (χ3n) is 9.51. The topological polar surface area (TPSA) is 305 Å². The standard InChI is InChI=1S/C47H86N8O15/c1-5-11-41(58)48-18-7-8-25-65-33-39(35-67-27-14-44(61)51-21-19-49-42(59)12-6-2)54-46(63)16-29-69-31-38(53-37(3)4)32-70-30-17-47(64)55-40(34-66-26-10-24-57)36-68-28-15-45(62)52-22-20-50-43(60)13-9-23-56/h23-24,37-40,53H,5-22,25-36H2,1-4H3,(H,48,58)(H,49,59)(H,50,60)(H,51,61)(H,52,62)(H,54,63)(H,55,64). The van der Waals surface area contributed by atoms with Crippen LogP contribution in [0.2, 0.25) is 0 Å². The van der Waals surface area contributed by atoms with E-state index in [4.69, 9.17) is 28.4 Å². The van der Waals surface area contributed by atoms with Crippen LogP contribution in [0.5, 0.6) is 0 Å². The van der Waals surface area contributed by atoms with Crippen LogP contribution in [0.1, 0.15) is 111 Å². The summed E-state index contributed by atoms with van der Waals surface area (Å²) in [6.07, 6.45) is 5.97. The lowest BCUT2D eigenvalue weighted by molar-refractivity contribution is -0.125. The van der Waals surface area contributed by atoms with E-state index < -0.39 is 12.1 Å². The number of aldehydes is 2. The fourth-order valence-corrected chi connectivity index (χ4v) is 6.07. The molecule has 0 aliphatic rings. The number of rotatable bonds is 49. The average molecular weight is 1000 g/mol. The third-order valence-corrected chi connectivity index (χ3v) is 9.51. The molecular weight excluding hydrogens is 917 g/mol. The Hall–Kier alpha value is -4.65. The minimum atomic E-state index is -0.552. The molecule has 0 saturated carbocycles. The SMILES string of the molecule is CCCC(=O)NCCCCOCC(COCCC(=O)NCCNC(=O)CCC)NC(=O)CCOCC(COCCC(=O)NC(COCCC=O)COCCC(=O)NCCNC(=O)CCC=O)NC(C)C. The highest BCUT2D eigenvalue weighted by Gasteiger charge is 2.17. The highest BCUT2D eigenvalue weighted by atomic mass is 16.5. The zero-order valence-electron chi connectivity index (χ0n) is 42.3. The Kier molecular flexibility index (Phi) is 43.6. The maximum absolute atomic E-state index is 13.0. The van der Waals surface area contributed by atoms with Gasteiger partial charge in [-0.3, -0.25) is 33.6 Å². The number of carbonyl (C=O) groups is 9. The van der Waals surface area contributed by atoms with Crippen molar-refractivity contribution >= 4 is 53.9 Å². The first-order valence-corrected chi connectivity index (χ1v) is 24.8. The predicted molar refractivity (Wildman–Crippen MR) is 259 cm³/mol. The van der Waals surface area contributed by atoms with Gasteiger partial charge < -0.3 is 80.5 Å².